The van der Waals surface area contributed by atoms with Gasteiger partial charge in [-0.2, -0.15) is 0 Å². The highest BCUT2D eigenvalue weighted by Gasteiger charge is 2.09. The molecule has 0 bridgehead atoms. The fraction of sp³-hybridized carbons (Fsp3) is 0.150. The van der Waals surface area contributed by atoms with Crippen molar-refractivity contribution >= 4 is 23.5 Å². The second-order valence-corrected chi connectivity index (χ2v) is 6.28. The molecule has 3 rings (SSSR count). The minimum atomic E-state index is -0.305. The highest BCUT2D eigenvalue weighted by Crippen LogP contribution is 2.10. The van der Waals surface area contributed by atoms with Gasteiger partial charge in [0.25, 0.3) is 5.91 Å². The van der Waals surface area contributed by atoms with Crippen molar-refractivity contribution in [1.29, 1.82) is 0 Å². The molecular formula is C20H18ClFN4O. The third kappa shape index (κ3) is 5.49. The van der Waals surface area contributed by atoms with Crippen LogP contribution in [0.4, 0.5) is 10.3 Å². The monoisotopic (exact) mass is 384 g/mol. The Morgan fingerprint density at radius 1 is 1.07 bits per heavy atom. The molecule has 0 aliphatic rings. The number of benzene rings is 2. The maximum atomic E-state index is 13.6. The SMILES string of the molecule is O=C(NCCc1ccc(Cl)cc1)c1ccnc(NCc2ccccc2F)n1. The maximum Gasteiger partial charge on any atom is 0.270 e. The topological polar surface area (TPSA) is 66.9 Å². The Morgan fingerprint density at radius 3 is 2.63 bits per heavy atom. The lowest BCUT2D eigenvalue weighted by Crippen LogP contribution is -2.26. The van der Waals surface area contributed by atoms with Gasteiger partial charge in [-0.25, -0.2) is 14.4 Å². The lowest BCUT2D eigenvalue weighted by Gasteiger charge is -2.08. The molecule has 1 aromatic heterocycles. The number of carbonyl (C=O) groups is 1. The summed E-state index contributed by atoms with van der Waals surface area (Å²) in [7, 11) is 0. The van der Waals surface area contributed by atoms with E-state index in [0.29, 0.717) is 23.6 Å². The predicted octanol–water partition coefficient (Wildman–Crippen LogP) is 3.85. The number of nitrogens with zero attached hydrogens (tertiary/aromatic N) is 2. The van der Waals surface area contributed by atoms with Gasteiger partial charge < -0.3 is 10.6 Å². The van der Waals surface area contributed by atoms with E-state index in [9.17, 15) is 9.18 Å². The van der Waals surface area contributed by atoms with Gasteiger partial charge in [0.05, 0.1) is 0 Å². The van der Waals surface area contributed by atoms with E-state index in [0.717, 1.165) is 5.56 Å². The zero-order valence-corrected chi connectivity index (χ0v) is 15.2. The van der Waals surface area contributed by atoms with Crippen LogP contribution in [-0.4, -0.2) is 22.4 Å². The molecule has 0 fully saturated rings. The Hall–Kier alpha value is -2.99. The first-order valence-corrected chi connectivity index (χ1v) is 8.82. The Balaban J connectivity index is 1.53. The van der Waals surface area contributed by atoms with Crippen LogP contribution in [0.5, 0.6) is 0 Å². The fourth-order valence-electron chi connectivity index (χ4n) is 2.45. The molecule has 0 atom stereocenters. The molecule has 0 aliphatic heterocycles. The van der Waals surface area contributed by atoms with Crippen LogP contribution in [0.1, 0.15) is 21.6 Å². The second-order valence-electron chi connectivity index (χ2n) is 5.84. The van der Waals surface area contributed by atoms with E-state index in [2.05, 4.69) is 20.6 Å². The summed E-state index contributed by atoms with van der Waals surface area (Å²) >= 11 is 5.85. The molecule has 2 aromatic carbocycles. The molecule has 0 unspecified atom stereocenters. The molecule has 0 saturated carbocycles. The highest BCUT2D eigenvalue weighted by molar-refractivity contribution is 6.30. The molecule has 1 heterocycles. The van der Waals surface area contributed by atoms with Crippen LogP contribution in [0, 0.1) is 5.82 Å². The number of anilines is 1. The van der Waals surface area contributed by atoms with Crippen molar-refractivity contribution in [3.05, 3.63) is 88.5 Å². The van der Waals surface area contributed by atoms with Gasteiger partial charge in [0.1, 0.15) is 11.5 Å². The average Bonchev–Trinajstić information content (AvgIpc) is 2.69. The molecule has 138 valence electrons. The van der Waals surface area contributed by atoms with Crippen LogP contribution in [-0.2, 0) is 13.0 Å². The number of rotatable bonds is 7. The number of aromatic nitrogens is 2. The molecule has 2 N–H and O–H groups in total. The second kappa shape index (κ2) is 9.09. The summed E-state index contributed by atoms with van der Waals surface area (Å²) in [5, 5.41) is 6.43. The van der Waals surface area contributed by atoms with E-state index in [-0.39, 0.29) is 29.9 Å². The van der Waals surface area contributed by atoms with Crippen molar-refractivity contribution < 1.29 is 9.18 Å². The van der Waals surface area contributed by atoms with Crippen LogP contribution in [0.25, 0.3) is 0 Å². The van der Waals surface area contributed by atoms with Crippen LogP contribution < -0.4 is 10.6 Å². The molecule has 7 heteroatoms. The zero-order valence-electron chi connectivity index (χ0n) is 14.5. The van der Waals surface area contributed by atoms with Crippen molar-refractivity contribution in [1.82, 2.24) is 15.3 Å². The number of carbonyl (C=O) groups excluding carboxylic acids is 1. The molecule has 3 aromatic rings. The Bertz CT molecular complexity index is 918. The summed E-state index contributed by atoms with van der Waals surface area (Å²) < 4.78 is 13.6. The smallest absolute Gasteiger partial charge is 0.270 e. The molecular weight excluding hydrogens is 367 g/mol. The molecule has 1 amide bonds. The van der Waals surface area contributed by atoms with Crippen molar-refractivity contribution in [3.8, 4) is 0 Å². The summed E-state index contributed by atoms with van der Waals surface area (Å²) in [6, 6.07) is 15.5. The quantitative estimate of drug-likeness (QED) is 0.649. The molecule has 27 heavy (non-hydrogen) atoms. The Labute approximate surface area is 161 Å². The molecule has 0 spiro atoms. The first-order chi connectivity index (χ1) is 13.1. The molecule has 0 radical (unpaired) electrons. The summed E-state index contributed by atoms with van der Waals surface area (Å²) in [4.78, 5) is 20.5. The number of hydrogen-bond donors (Lipinski definition) is 2. The highest BCUT2D eigenvalue weighted by atomic mass is 35.5. The third-order valence-electron chi connectivity index (χ3n) is 3.90. The van der Waals surface area contributed by atoms with Crippen LogP contribution in [0.2, 0.25) is 5.02 Å². The zero-order chi connectivity index (χ0) is 19.1. The summed E-state index contributed by atoms with van der Waals surface area (Å²) in [5.74, 6) is -0.329. The van der Waals surface area contributed by atoms with Crippen molar-refractivity contribution in [2.24, 2.45) is 0 Å². The van der Waals surface area contributed by atoms with Gasteiger partial charge >= 0.3 is 0 Å². The number of nitrogens with one attached hydrogen (secondary N) is 2. The first-order valence-electron chi connectivity index (χ1n) is 8.45. The van der Waals surface area contributed by atoms with E-state index in [1.165, 1.54) is 18.3 Å². The van der Waals surface area contributed by atoms with Crippen molar-refractivity contribution in [2.45, 2.75) is 13.0 Å². The van der Waals surface area contributed by atoms with E-state index >= 15 is 0 Å². The summed E-state index contributed by atoms with van der Waals surface area (Å²) in [6.07, 6.45) is 2.18. The molecule has 0 aliphatic carbocycles. The van der Waals surface area contributed by atoms with Gasteiger partial charge in [0, 0.05) is 29.9 Å². The predicted molar refractivity (Wildman–Crippen MR) is 103 cm³/mol. The summed E-state index contributed by atoms with van der Waals surface area (Å²) in [6.45, 7) is 0.705. The maximum absolute atomic E-state index is 13.6. The van der Waals surface area contributed by atoms with E-state index in [1.54, 1.807) is 18.2 Å². The van der Waals surface area contributed by atoms with E-state index < -0.39 is 0 Å². The Kier molecular flexibility index (Phi) is 6.33. The van der Waals surface area contributed by atoms with Crippen molar-refractivity contribution in [2.75, 3.05) is 11.9 Å². The minimum absolute atomic E-state index is 0.230. The lowest BCUT2D eigenvalue weighted by molar-refractivity contribution is 0.0949. The largest absolute Gasteiger partial charge is 0.350 e. The average molecular weight is 385 g/mol. The lowest BCUT2D eigenvalue weighted by atomic mass is 10.1. The minimum Gasteiger partial charge on any atom is -0.350 e. The van der Waals surface area contributed by atoms with Crippen LogP contribution in [0.3, 0.4) is 0 Å². The number of amides is 1. The van der Waals surface area contributed by atoms with Crippen molar-refractivity contribution in [3.63, 3.8) is 0 Å². The van der Waals surface area contributed by atoms with Gasteiger partial charge in [-0.05, 0) is 36.2 Å². The molecule has 5 nitrogen and oxygen atoms in total. The van der Waals surface area contributed by atoms with Gasteiger partial charge in [-0.15, -0.1) is 0 Å². The van der Waals surface area contributed by atoms with Crippen LogP contribution in [0.15, 0.2) is 60.8 Å². The number of hydrogen-bond acceptors (Lipinski definition) is 4. The van der Waals surface area contributed by atoms with Gasteiger partial charge in [-0.1, -0.05) is 41.9 Å². The van der Waals surface area contributed by atoms with Crippen LogP contribution >= 0.6 is 11.6 Å². The summed E-state index contributed by atoms with van der Waals surface area (Å²) in [5.41, 5.74) is 1.82. The standard InChI is InChI=1S/C20H18ClFN4O/c21-16-7-5-14(6-8-16)9-11-23-19(27)18-10-12-24-20(26-18)25-13-15-3-1-2-4-17(15)22/h1-8,10,12H,9,11,13H2,(H,23,27)(H,24,25,26). The Morgan fingerprint density at radius 2 is 1.85 bits per heavy atom. The molecule has 0 saturated heterocycles. The van der Waals surface area contributed by atoms with E-state index in [4.69, 9.17) is 11.6 Å². The van der Waals surface area contributed by atoms with Gasteiger partial charge in [0.2, 0.25) is 5.95 Å². The normalized spacial score (nSPS) is 10.4. The van der Waals surface area contributed by atoms with E-state index in [1.807, 2.05) is 24.3 Å². The van der Waals surface area contributed by atoms with Gasteiger partial charge in [-0.3, -0.25) is 4.79 Å². The van der Waals surface area contributed by atoms with Gasteiger partial charge in [0.15, 0.2) is 0 Å². The third-order valence-corrected chi connectivity index (χ3v) is 4.15. The number of halogens is 2. The fourth-order valence-corrected chi connectivity index (χ4v) is 2.57. The first kappa shape index (κ1) is 18.8.